The van der Waals surface area contributed by atoms with E-state index in [4.69, 9.17) is 5.26 Å². The molecule has 0 radical (unpaired) electrons. The third-order valence-corrected chi connectivity index (χ3v) is 1.41. The average molecular weight is 125 g/mol. The summed E-state index contributed by atoms with van der Waals surface area (Å²) < 4.78 is 0. The Balaban J connectivity index is 3.71. The molecule has 9 heavy (non-hydrogen) atoms. The van der Waals surface area contributed by atoms with Crippen molar-refractivity contribution >= 4 is 5.78 Å². The highest BCUT2D eigenvalue weighted by molar-refractivity contribution is 5.78. The number of carbonyl (C=O) groups excluding carboxylic acids is 1. The minimum Gasteiger partial charge on any atom is -0.300 e. The van der Waals surface area contributed by atoms with Gasteiger partial charge in [0, 0.05) is 12.3 Å². The number of carbonyl (C=O) groups is 1. The van der Waals surface area contributed by atoms with Crippen LogP contribution in [0.5, 0.6) is 0 Å². The summed E-state index contributed by atoms with van der Waals surface area (Å²) in [5.41, 5.74) is 0. The topological polar surface area (TPSA) is 40.9 Å². The molecule has 0 fully saturated rings. The summed E-state index contributed by atoms with van der Waals surface area (Å²) in [5, 5.41) is 8.21. The fourth-order valence-electron chi connectivity index (χ4n) is 0.686. The lowest BCUT2D eigenvalue weighted by Gasteiger charge is -2.02. The zero-order chi connectivity index (χ0) is 7.28. The second kappa shape index (κ2) is 4.08. The third-order valence-electron chi connectivity index (χ3n) is 1.41. The second-order valence-electron chi connectivity index (χ2n) is 2.08. The maximum atomic E-state index is 10.6. The zero-order valence-electron chi connectivity index (χ0n) is 5.85. The summed E-state index contributed by atoms with van der Waals surface area (Å²) in [7, 11) is 0. The van der Waals surface area contributed by atoms with Crippen LogP contribution in [0, 0.1) is 17.2 Å². The molecule has 0 spiro atoms. The van der Waals surface area contributed by atoms with Crippen LogP contribution in [0.1, 0.15) is 26.7 Å². The molecule has 0 saturated heterocycles. The normalized spacial score (nSPS) is 12.1. The van der Waals surface area contributed by atoms with Crippen LogP contribution < -0.4 is 0 Å². The Bertz CT molecular complexity index is 134. The van der Waals surface area contributed by atoms with E-state index in [-0.39, 0.29) is 11.7 Å². The molecule has 0 N–H and O–H groups in total. The third kappa shape index (κ3) is 2.86. The van der Waals surface area contributed by atoms with Gasteiger partial charge in [-0.05, 0) is 13.3 Å². The lowest BCUT2D eigenvalue weighted by atomic mass is 9.99. The molecule has 0 aliphatic carbocycles. The average Bonchev–Trinajstić information content (AvgIpc) is 1.82. The van der Waals surface area contributed by atoms with Crippen LogP contribution in [0.15, 0.2) is 0 Å². The van der Waals surface area contributed by atoms with Crippen LogP contribution in [0.25, 0.3) is 0 Å². The molecule has 0 aliphatic heterocycles. The van der Waals surface area contributed by atoms with Gasteiger partial charge in [-0.1, -0.05) is 6.92 Å². The van der Waals surface area contributed by atoms with Crippen molar-refractivity contribution < 1.29 is 4.79 Å². The standard InChI is InChI=1S/C7H11NO/c1-3-7(4-5-8)6(2)9/h7H,3-4H2,1-2H3/t7-/m0/s1. The van der Waals surface area contributed by atoms with Crippen molar-refractivity contribution in [3.63, 3.8) is 0 Å². The smallest absolute Gasteiger partial charge is 0.133 e. The number of ketones is 1. The van der Waals surface area contributed by atoms with Gasteiger partial charge in [0.1, 0.15) is 5.78 Å². The molecular formula is C7H11NO. The Morgan fingerprint density at radius 3 is 2.44 bits per heavy atom. The number of nitriles is 1. The van der Waals surface area contributed by atoms with Crippen molar-refractivity contribution in [3.8, 4) is 6.07 Å². The fourth-order valence-corrected chi connectivity index (χ4v) is 0.686. The second-order valence-corrected chi connectivity index (χ2v) is 2.08. The Morgan fingerprint density at radius 2 is 2.33 bits per heavy atom. The summed E-state index contributed by atoms with van der Waals surface area (Å²) in [5.74, 6) is 0.0917. The van der Waals surface area contributed by atoms with Crippen LogP contribution in [0.3, 0.4) is 0 Å². The summed E-state index contributed by atoms with van der Waals surface area (Å²) in [4.78, 5) is 10.6. The zero-order valence-corrected chi connectivity index (χ0v) is 5.85. The van der Waals surface area contributed by atoms with Crippen molar-refractivity contribution in [2.45, 2.75) is 26.7 Å². The van der Waals surface area contributed by atoms with Gasteiger partial charge in [0.05, 0.1) is 6.07 Å². The van der Waals surface area contributed by atoms with E-state index in [1.54, 1.807) is 0 Å². The first-order valence-electron chi connectivity index (χ1n) is 3.09. The largest absolute Gasteiger partial charge is 0.300 e. The molecule has 0 amide bonds. The predicted molar refractivity (Wildman–Crippen MR) is 34.7 cm³/mol. The summed E-state index contributed by atoms with van der Waals surface area (Å²) in [6.45, 7) is 3.45. The molecule has 2 heteroatoms. The lowest BCUT2D eigenvalue weighted by molar-refractivity contribution is -0.120. The van der Waals surface area contributed by atoms with Crippen LogP contribution in [-0.2, 0) is 4.79 Å². The highest BCUT2D eigenvalue weighted by atomic mass is 16.1. The van der Waals surface area contributed by atoms with E-state index in [0.29, 0.717) is 6.42 Å². The first kappa shape index (κ1) is 8.16. The molecule has 0 aromatic rings. The molecule has 1 atom stereocenters. The highest BCUT2D eigenvalue weighted by Gasteiger charge is 2.09. The van der Waals surface area contributed by atoms with Gasteiger partial charge in [-0.3, -0.25) is 4.79 Å². The minimum atomic E-state index is -0.0324. The van der Waals surface area contributed by atoms with Gasteiger partial charge in [-0.15, -0.1) is 0 Å². The van der Waals surface area contributed by atoms with Crippen LogP contribution in [0.2, 0.25) is 0 Å². The van der Waals surface area contributed by atoms with Gasteiger partial charge in [0.25, 0.3) is 0 Å². The van der Waals surface area contributed by atoms with Crippen molar-refractivity contribution in [1.82, 2.24) is 0 Å². The molecule has 0 aromatic carbocycles. The molecule has 0 aromatic heterocycles. The minimum absolute atomic E-state index is 0.0324. The Hall–Kier alpha value is -0.840. The molecular weight excluding hydrogens is 114 g/mol. The van der Waals surface area contributed by atoms with Crippen molar-refractivity contribution in [2.75, 3.05) is 0 Å². The summed E-state index contributed by atoms with van der Waals surface area (Å²) in [6, 6.07) is 1.98. The molecule has 50 valence electrons. The van der Waals surface area contributed by atoms with Gasteiger partial charge in [0.2, 0.25) is 0 Å². The maximum Gasteiger partial charge on any atom is 0.133 e. The van der Waals surface area contributed by atoms with E-state index in [9.17, 15) is 4.79 Å². The van der Waals surface area contributed by atoms with Gasteiger partial charge in [-0.2, -0.15) is 5.26 Å². The lowest BCUT2D eigenvalue weighted by Crippen LogP contribution is -2.07. The van der Waals surface area contributed by atoms with Crippen LogP contribution in [0.4, 0.5) is 0 Å². The summed E-state index contributed by atoms with van der Waals surface area (Å²) >= 11 is 0. The van der Waals surface area contributed by atoms with E-state index in [1.807, 2.05) is 13.0 Å². The van der Waals surface area contributed by atoms with Crippen molar-refractivity contribution in [1.29, 1.82) is 5.26 Å². The first-order valence-corrected chi connectivity index (χ1v) is 3.09. The van der Waals surface area contributed by atoms with Crippen molar-refractivity contribution in [2.24, 2.45) is 5.92 Å². The van der Waals surface area contributed by atoms with E-state index < -0.39 is 0 Å². The fraction of sp³-hybridized carbons (Fsp3) is 0.714. The maximum absolute atomic E-state index is 10.6. The van der Waals surface area contributed by atoms with E-state index >= 15 is 0 Å². The number of rotatable bonds is 3. The molecule has 2 nitrogen and oxygen atoms in total. The number of Topliss-reactive ketones (excluding diaryl/α,β-unsaturated/α-hetero) is 1. The van der Waals surface area contributed by atoms with Gasteiger partial charge in [-0.25, -0.2) is 0 Å². The summed E-state index contributed by atoms with van der Waals surface area (Å²) in [6.07, 6.45) is 1.15. The molecule has 0 heterocycles. The van der Waals surface area contributed by atoms with Crippen molar-refractivity contribution in [3.05, 3.63) is 0 Å². The SMILES string of the molecule is CC[C@@H](CC#N)C(C)=O. The van der Waals surface area contributed by atoms with Gasteiger partial charge >= 0.3 is 0 Å². The molecule has 0 unspecified atom stereocenters. The highest BCUT2D eigenvalue weighted by Crippen LogP contribution is 2.07. The molecule has 0 saturated carbocycles. The monoisotopic (exact) mass is 125 g/mol. The van der Waals surface area contributed by atoms with E-state index in [0.717, 1.165) is 6.42 Å². The Labute approximate surface area is 55.5 Å². The molecule has 0 aliphatic rings. The van der Waals surface area contributed by atoms with E-state index in [2.05, 4.69) is 0 Å². The Morgan fingerprint density at radius 1 is 1.78 bits per heavy atom. The van der Waals surface area contributed by atoms with Crippen LogP contribution >= 0.6 is 0 Å². The predicted octanol–water partition coefficient (Wildman–Crippen LogP) is 1.52. The molecule has 0 bridgehead atoms. The number of nitrogens with zero attached hydrogens (tertiary/aromatic N) is 1. The van der Waals surface area contributed by atoms with Gasteiger partial charge < -0.3 is 0 Å². The first-order chi connectivity index (χ1) is 4.22. The quantitative estimate of drug-likeness (QED) is 0.573. The molecule has 0 rings (SSSR count). The van der Waals surface area contributed by atoms with Crippen LogP contribution in [-0.4, -0.2) is 5.78 Å². The van der Waals surface area contributed by atoms with E-state index in [1.165, 1.54) is 6.92 Å². The Kier molecular flexibility index (Phi) is 3.70. The number of hydrogen-bond donors (Lipinski definition) is 0. The van der Waals surface area contributed by atoms with Gasteiger partial charge in [0.15, 0.2) is 0 Å². The number of hydrogen-bond acceptors (Lipinski definition) is 2.